The van der Waals surface area contributed by atoms with Gasteiger partial charge in [0, 0.05) is 38.7 Å². The summed E-state index contributed by atoms with van der Waals surface area (Å²) >= 11 is 0. The van der Waals surface area contributed by atoms with Gasteiger partial charge in [-0.2, -0.15) is 0 Å². The van der Waals surface area contributed by atoms with E-state index in [1.54, 1.807) is 7.05 Å². The lowest BCUT2D eigenvalue weighted by molar-refractivity contribution is 0.110. The molecule has 2 aromatic rings. The van der Waals surface area contributed by atoms with E-state index in [-0.39, 0.29) is 0 Å². The van der Waals surface area contributed by atoms with Crippen LogP contribution in [0.2, 0.25) is 0 Å². The van der Waals surface area contributed by atoms with Crippen LogP contribution in [-0.2, 0) is 30.8 Å². The first-order chi connectivity index (χ1) is 13.7. The molecule has 1 aromatic carbocycles. The molecule has 0 atom stereocenters. The minimum Gasteiger partial charge on any atom is -0.491 e. The molecule has 2 heterocycles. The Labute approximate surface area is 166 Å². The molecule has 28 heavy (non-hydrogen) atoms. The van der Waals surface area contributed by atoms with Crippen LogP contribution >= 0.6 is 0 Å². The molecule has 0 aliphatic carbocycles. The lowest BCUT2D eigenvalue weighted by atomic mass is 10.1. The predicted molar refractivity (Wildman–Crippen MR) is 109 cm³/mol. The molecule has 0 unspecified atom stereocenters. The van der Waals surface area contributed by atoms with Gasteiger partial charge in [0.05, 0.1) is 13.2 Å². The quantitative estimate of drug-likeness (QED) is 0.388. The number of hydrogen-bond acceptors (Lipinski definition) is 5. The highest BCUT2D eigenvalue weighted by atomic mass is 16.5. The summed E-state index contributed by atoms with van der Waals surface area (Å²) in [5, 5.41) is 15.2. The minimum absolute atomic E-state index is 0.537. The van der Waals surface area contributed by atoms with E-state index < -0.39 is 0 Å². The molecule has 1 aliphatic heterocycles. The fraction of sp³-hybridized carbons (Fsp3) is 0.550. The number of aromatic nitrogens is 3. The Balaban J connectivity index is 1.54. The Bertz CT molecular complexity index is 802. The van der Waals surface area contributed by atoms with Crippen LogP contribution in [-0.4, -0.2) is 47.6 Å². The van der Waals surface area contributed by atoms with E-state index in [0.29, 0.717) is 32.9 Å². The van der Waals surface area contributed by atoms with E-state index in [2.05, 4.69) is 55.5 Å². The van der Waals surface area contributed by atoms with E-state index in [1.165, 1.54) is 5.56 Å². The molecule has 0 amide bonds. The molecule has 1 aliphatic rings. The minimum atomic E-state index is 0.537. The first-order valence-corrected chi connectivity index (χ1v) is 9.86. The molecule has 8 heteroatoms. The highest BCUT2D eigenvalue weighted by molar-refractivity contribution is 5.79. The van der Waals surface area contributed by atoms with Crippen LogP contribution in [0.15, 0.2) is 23.2 Å². The molecule has 0 saturated heterocycles. The first kappa shape index (κ1) is 20.1. The molecule has 3 rings (SSSR count). The zero-order valence-corrected chi connectivity index (χ0v) is 17.0. The van der Waals surface area contributed by atoms with Crippen LogP contribution in [0.1, 0.15) is 36.1 Å². The Kier molecular flexibility index (Phi) is 7.25. The summed E-state index contributed by atoms with van der Waals surface area (Å²) in [6.45, 7) is 8.07. The molecule has 2 N–H and O–H groups in total. The summed E-state index contributed by atoms with van der Waals surface area (Å²) in [6.07, 6.45) is 2.16. The zero-order chi connectivity index (χ0) is 19.8. The molecule has 152 valence electrons. The van der Waals surface area contributed by atoms with Gasteiger partial charge in [0.25, 0.3) is 0 Å². The van der Waals surface area contributed by atoms with Crippen LogP contribution in [0.5, 0.6) is 5.75 Å². The van der Waals surface area contributed by atoms with Crippen LogP contribution in [0.25, 0.3) is 0 Å². The fourth-order valence-corrected chi connectivity index (χ4v) is 3.20. The number of aryl methyl sites for hydroxylation is 2. The molecule has 8 nitrogen and oxygen atoms in total. The number of nitrogens with one attached hydrogen (secondary N) is 2. The summed E-state index contributed by atoms with van der Waals surface area (Å²) < 4.78 is 13.5. The van der Waals surface area contributed by atoms with Gasteiger partial charge in [0.1, 0.15) is 18.2 Å². The Morgan fingerprint density at radius 3 is 2.89 bits per heavy atom. The highest BCUT2D eigenvalue weighted by Gasteiger charge is 2.17. The molecular formula is C20H30N6O2. The van der Waals surface area contributed by atoms with Gasteiger partial charge in [0.15, 0.2) is 11.8 Å². The third kappa shape index (κ3) is 5.22. The molecule has 1 aromatic heterocycles. The van der Waals surface area contributed by atoms with Crippen LogP contribution in [0.4, 0.5) is 0 Å². The van der Waals surface area contributed by atoms with Crippen molar-refractivity contribution in [2.75, 3.05) is 26.9 Å². The smallest absolute Gasteiger partial charge is 0.191 e. The highest BCUT2D eigenvalue weighted by Crippen LogP contribution is 2.20. The summed E-state index contributed by atoms with van der Waals surface area (Å²) in [4.78, 5) is 4.31. The lowest BCUT2D eigenvalue weighted by Gasteiger charge is -2.15. The lowest BCUT2D eigenvalue weighted by Crippen LogP contribution is -2.37. The topological polar surface area (TPSA) is 85.6 Å². The molecule has 0 bridgehead atoms. The normalized spacial score (nSPS) is 13.5. The Morgan fingerprint density at radius 1 is 1.21 bits per heavy atom. The molecule has 0 radical (unpaired) electrons. The average Bonchev–Trinajstić information content (AvgIpc) is 3.31. The fourth-order valence-electron chi connectivity index (χ4n) is 3.20. The number of guanidine groups is 1. The number of benzene rings is 1. The van der Waals surface area contributed by atoms with Gasteiger partial charge in [-0.15, -0.1) is 10.2 Å². The number of hydrogen-bond donors (Lipinski definition) is 2. The van der Waals surface area contributed by atoms with Crippen LogP contribution in [0.3, 0.4) is 0 Å². The molecular weight excluding hydrogens is 356 g/mol. The largest absolute Gasteiger partial charge is 0.491 e. The van der Waals surface area contributed by atoms with Crippen LogP contribution < -0.4 is 15.4 Å². The maximum Gasteiger partial charge on any atom is 0.191 e. The summed E-state index contributed by atoms with van der Waals surface area (Å²) in [5.41, 5.74) is 2.24. The van der Waals surface area contributed by atoms with Crippen LogP contribution in [0, 0.1) is 6.92 Å². The van der Waals surface area contributed by atoms with Gasteiger partial charge in [-0.1, -0.05) is 12.1 Å². The maximum absolute atomic E-state index is 5.91. The standard InChI is InChI=1S/C20H30N6O2/c1-4-27-10-11-28-17-12-15(2)7-8-16(17)13-22-20(21-3)23-14-19-25-24-18-6-5-9-26(18)19/h7-8,12H,4-6,9-11,13-14H2,1-3H3,(H2,21,22,23). The van der Waals surface area contributed by atoms with Crippen molar-refractivity contribution < 1.29 is 9.47 Å². The van der Waals surface area contributed by atoms with E-state index in [4.69, 9.17) is 9.47 Å². The number of rotatable bonds is 9. The molecule has 0 fully saturated rings. The van der Waals surface area contributed by atoms with Gasteiger partial charge >= 0.3 is 0 Å². The number of ether oxygens (including phenoxy) is 2. The number of aliphatic imine (C=N–C) groups is 1. The number of nitrogens with zero attached hydrogens (tertiary/aromatic N) is 4. The van der Waals surface area contributed by atoms with Gasteiger partial charge in [-0.25, -0.2) is 0 Å². The van der Waals surface area contributed by atoms with Crippen molar-refractivity contribution in [2.24, 2.45) is 4.99 Å². The van der Waals surface area contributed by atoms with E-state index in [0.717, 1.165) is 48.3 Å². The van der Waals surface area contributed by atoms with Crippen molar-refractivity contribution in [1.82, 2.24) is 25.4 Å². The van der Waals surface area contributed by atoms with Gasteiger partial charge in [-0.3, -0.25) is 4.99 Å². The Hall–Kier alpha value is -2.61. The Morgan fingerprint density at radius 2 is 2.07 bits per heavy atom. The average molecular weight is 387 g/mol. The molecule has 0 saturated carbocycles. The van der Waals surface area contributed by atoms with Crippen molar-refractivity contribution in [1.29, 1.82) is 0 Å². The SMILES string of the molecule is CCOCCOc1cc(C)ccc1CNC(=NC)NCc1nnc2n1CCC2. The summed E-state index contributed by atoms with van der Waals surface area (Å²) in [6, 6.07) is 6.22. The van der Waals surface area contributed by atoms with E-state index >= 15 is 0 Å². The summed E-state index contributed by atoms with van der Waals surface area (Å²) in [7, 11) is 1.76. The zero-order valence-electron chi connectivity index (χ0n) is 17.0. The van der Waals surface area contributed by atoms with E-state index in [1.807, 2.05) is 6.92 Å². The van der Waals surface area contributed by atoms with Gasteiger partial charge < -0.3 is 24.7 Å². The van der Waals surface area contributed by atoms with E-state index in [9.17, 15) is 0 Å². The predicted octanol–water partition coefficient (Wildman–Crippen LogP) is 1.81. The monoisotopic (exact) mass is 386 g/mol. The van der Waals surface area contributed by atoms with Crippen molar-refractivity contribution in [2.45, 2.75) is 46.3 Å². The van der Waals surface area contributed by atoms with Crippen molar-refractivity contribution >= 4 is 5.96 Å². The second-order valence-electron chi connectivity index (χ2n) is 6.72. The third-order valence-electron chi connectivity index (χ3n) is 4.68. The van der Waals surface area contributed by atoms with Gasteiger partial charge in [0.2, 0.25) is 0 Å². The van der Waals surface area contributed by atoms with Crippen molar-refractivity contribution in [3.05, 3.63) is 41.0 Å². The maximum atomic E-state index is 5.91. The first-order valence-electron chi connectivity index (χ1n) is 9.86. The second kappa shape index (κ2) is 10.1. The number of fused-ring (bicyclic) bond motifs is 1. The van der Waals surface area contributed by atoms with Gasteiger partial charge in [-0.05, 0) is 31.9 Å². The summed E-state index contributed by atoms with van der Waals surface area (Å²) in [5.74, 6) is 3.62. The third-order valence-corrected chi connectivity index (χ3v) is 4.68. The molecule has 0 spiro atoms. The van der Waals surface area contributed by atoms with Crippen molar-refractivity contribution in [3.63, 3.8) is 0 Å². The second-order valence-corrected chi connectivity index (χ2v) is 6.72. The van der Waals surface area contributed by atoms with Crippen molar-refractivity contribution in [3.8, 4) is 5.75 Å².